The molecule has 0 fully saturated rings. The zero-order chi connectivity index (χ0) is 15.2. The second-order valence-corrected chi connectivity index (χ2v) is 6.32. The fraction of sp³-hybridized carbons (Fsp3) is 0.588. The van der Waals surface area contributed by atoms with Crippen LogP contribution in [0.1, 0.15) is 45.2 Å². The van der Waals surface area contributed by atoms with Crippen molar-refractivity contribution in [3.8, 4) is 0 Å². The number of aryl methyl sites for hydroxylation is 1. The maximum absolute atomic E-state index is 12.2. The summed E-state index contributed by atoms with van der Waals surface area (Å²) >= 11 is 0. The molecule has 0 aliphatic rings. The lowest BCUT2D eigenvalue weighted by atomic mass is 10.1. The molecule has 1 amide bonds. The smallest absolute Gasteiger partial charge is 0.224 e. The first-order chi connectivity index (χ1) is 9.31. The van der Waals surface area contributed by atoms with Crippen LogP contribution >= 0.6 is 0 Å². The molecule has 1 rings (SSSR count). The highest BCUT2D eigenvalue weighted by Gasteiger charge is 2.14. The Balaban J connectivity index is 2.51. The Morgan fingerprint density at radius 3 is 2.55 bits per heavy atom. The molecule has 0 aromatic heterocycles. The van der Waals surface area contributed by atoms with E-state index in [1.54, 1.807) is 0 Å². The van der Waals surface area contributed by atoms with Gasteiger partial charge < -0.3 is 10.2 Å². The molecule has 0 atom stereocenters. The van der Waals surface area contributed by atoms with E-state index in [4.69, 9.17) is 0 Å². The van der Waals surface area contributed by atoms with Crippen LogP contribution in [0.25, 0.3) is 0 Å². The summed E-state index contributed by atoms with van der Waals surface area (Å²) in [5.74, 6) is 0.214. The quantitative estimate of drug-likeness (QED) is 0.866. The summed E-state index contributed by atoms with van der Waals surface area (Å²) in [6.07, 6.45) is 0.553. The average Bonchev–Trinajstić information content (AvgIpc) is 2.34. The molecule has 0 aliphatic heterocycles. The fourth-order valence-electron chi connectivity index (χ4n) is 2.11. The predicted molar refractivity (Wildman–Crippen MR) is 84.6 cm³/mol. The number of hydrogen-bond donors (Lipinski definition) is 1. The third kappa shape index (κ3) is 6.20. The highest BCUT2D eigenvalue weighted by molar-refractivity contribution is 5.76. The molecule has 3 heteroatoms. The average molecular weight is 276 g/mol. The topological polar surface area (TPSA) is 32.3 Å². The van der Waals surface area contributed by atoms with Crippen molar-refractivity contribution in [2.45, 2.75) is 53.1 Å². The van der Waals surface area contributed by atoms with E-state index in [1.165, 1.54) is 11.1 Å². The standard InChI is InChI=1S/C17H28N2O/c1-6-19(13-15-9-7-8-14(2)12-15)16(20)10-11-18-17(3,4)5/h7-9,12,18H,6,10-11,13H2,1-5H3. The Hall–Kier alpha value is -1.35. The third-order valence-electron chi connectivity index (χ3n) is 3.18. The number of rotatable bonds is 6. The number of benzene rings is 1. The van der Waals surface area contributed by atoms with Crippen LogP contribution < -0.4 is 5.32 Å². The molecule has 1 aromatic carbocycles. The van der Waals surface area contributed by atoms with Gasteiger partial charge in [0.2, 0.25) is 5.91 Å². The first kappa shape index (κ1) is 16.7. The van der Waals surface area contributed by atoms with E-state index in [1.807, 2.05) is 17.9 Å². The zero-order valence-electron chi connectivity index (χ0n) is 13.5. The molecule has 0 aliphatic carbocycles. The maximum atomic E-state index is 12.2. The monoisotopic (exact) mass is 276 g/mol. The highest BCUT2D eigenvalue weighted by atomic mass is 16.2. The Kier molecular flexibility index (Phi) is 6.21. The molecule has 3 nitrogen and oxygen atoms in total. The summed E-state index contributed by atoms with van der Waals surface area (Å²) in [4.78, 5) is 14.2. The number of carbonyl (C=O) groups excluding carboxylic acids is 1. The summed E-state index contributed by atoms with van der Waals surface area (Å²) in [6, 6.07) is 8.35. The molecule has 0 saturated heterocycles. The lowest BCUT2D eigenvalue weighted by molar-refractivity contribution is -0.131. The van der Waals surface area contributed by atoms with Crippen molar-refractivity contribution in [2.24, 2.45) is 0 Å². The second-order valence-electron chi connectivity index (χ2n) is 6.32. The normalized spacial score (nSPS) is 11.4. The van der Waals surface area contributed by atoms with Gasteiger partial charge in [-0.1, -0.05) is 29.8 Å². The molecule has 0 bridgehead atoms. The van der Waals surface area contributed by atoms with E-state index in [2.05, 4.69) is 51.2 Å². The van der Waals surface area contributed by atoms with Gasteiger partial charge >= 0.3 is 0 Å². The lowest BCUT2D eigenvalue weighted by Crippen LogP contribution is -2.39. The van der Waals surface area contributed by atoms with Crippen molar-refractivity contribution in [1.82, 2.24) is 10.2 Å². The Morgan fingerprint density at radius 2 is 2.00 bits per heavy atom. The van der Waals surface area contributed by atoms with Gasteiger partial charge in [-0.25, -0.2) is 0 Å². The summed E-state index contributed by atoms with van der Waals surface area (Å²) in [7, 11) is 0. The Labute approximate surface area is 123 Å². The van der Waals surface area contributed by atoms with Crippen molar-refractivity contribution in [3.05, 3.63) is 35.4 Å². The molecular formula is C17H28N2O. The van der Waals surface area contributed by atoms with Crippen LogP contribution in [0.3, 0.4) is 0 Å². The molecule has 1 aromatic rings. The summed E-state index contributed by atoms with van der Waals surface area (Å²) in [5, 5.41) is 3.36. The van der Waals surface area contributed by atoms with Crippen LogP contribution in [0.2, 0.25) is 0 Å². The van der Waals surface area contributed by atoms with Crippen molar-refractivity contribution < 1.29 is 4.79 Å². The Bertz CT molecular complexity index is 435. The van der Waals surface area contributed by atoms with Crippen molar-refractivity contribution in [1.29, 1.82) is 0 Å². The number of hydrogen-bond acceptors (Lipinski definition) is 2. The van der Waals surface area contributed by atoms with Crippen LogP contribution in [0.4, 0.5) is 0 Å². The molecule has 1 N–H and O–H groups in total. The molecular weight excluding hydrogens is 248 g/mol. The fourth-order valence-corrected chi connectivity index (χ4v) is 2.11. The van der Waals surface area contributed by atoms with Crippen molar-refractivity contribution >= 4 is 5.91 Å². The van der Waals surface area contributed by atoms with Gasteiger partial charge in [-0.05, 0) is 40.2 Å². The third-order valence-corrected chi connectivity index (χ3v) is 3.18. The minimum atomic E-state index is 0.0634. The van der Waals surface area contributed by atoms with Crippen LogP contribution in [0, 0.1) is 6.92 Å². The van der Waals surface area contributed by atoms with Gasteiger partial charge in [0.15, 0.2) is 0 Å². The van der Waals surface area contributed by atoms with Crippen molar-refractivity contribution in [3.63, 3.8) is 0 Å². The van der Waals surface area contributed by atoms with Gasteiger partial charge in [-0.15, -0.1) is 0 Å². The van der Waals surface area contributed by atoms with Crippen LogP contribution in [0.15, 0.2) is 24.3 Å². The summed E-state index contributed by atoms with van der Waals surface area (Å²) in [6.45, 7) is 12.6. The Morgan fingerprint density at radius 1 is 1.30 bits per heavy atom. The van der Waals surface area contributed by atoms with Gasteiger partial charge in [0.25, 0.3) is 0 Å². The van der Waals surface area contributed by atoms with Crippen molar-refractivity contribution in [2.75, 3.05) is 13.1 Å². The molecule has 0 saturated carbocycles. The first-order valence-corrected chi connectivity index (χ1v) is 7.40. The number of nitrogens with zero attached hydrogens (tertiary/aromatic N) is 1. The SMILES string of the molecule is CCN(Cc1cccc(C)c1)C(=O)CCNC(C)(C)C. The van der Waals surface area contributed by atoms with Gasteiger partial charge in [0, 0.05) is 31.6 Å². The van der Waals surface area contributed by atoms with Gasteiger partial charge in [0.05, 0.1) is 0 Å². The van der Waals surface area contributed by atoms with E-state index in [-0.39, 0.29) is 11.4 Å². The summed E-state index contributed by atoms with van der Waals surface area (Å²) in [5.41, 5.74) is 2.50. The van der Waals surface area contributed by atoms with E-state index >= 15 is 0 Å². The summed E-state index contributed by atoms with van der Waals surface area (Å²) < 4.78 is 0. The molecule has 0 heterocycles. The zero-order valence-corrected chi connectivity index (χ0v) is 13.5. The largest absolute Gasteiger partial charge is 0.339 e. The second kappa shape index (κ2) is 7.44. The van der Waals surface area contributed by atoms with E-state index in [9.17, 15) is 4.79 Å². The van der Waals surface area contributed by atoms with Crippen LogP contribution in [-0.2, 0) is 11.3 Å². The first-order valence-electron chi connectivity index (χ1n) is 7.40. The van der Waals surface area contributed by atoms with Gasteiger partial charge in [-0.2, -0.15) is 0 Å². The minimum Gasteiger partial charge on any atom is -0.339 e. The van der Waals surface area contributed by atoms with E-state index in [0.29, 0.717) is 13.0 Å². The van der Waals surface area contributed by atoms with E-state index in [0.717, 1.165) is 13.1 Å². The van der Waals surface area contributed by atoms with Gasteiger partial charge in [0.1, 0.15) is 0 Å². The maximum Gasteiger partial charge on any atom is 0.224 e. The molecule has 112 valence electrons. The molecule has 0 spiro atoms. The molecule has 20 heavy (non-hydrogen) atoms. The molecule has 0 unspecified atom stereocenters. The highest BCUT2D eigenvalue weighted by Crippen LogP contribution is 2.09. The number of carbonyl (C=O) groups is 1. The lowest BCUT2D eigenvalue weighted by Gasteiger charge is -2.24. The minimum absolute atomic E-state index is 0.0634. The number of nitrogens with one attached hydrogen (secondary N) is 1. The number of amides is 1. The van der Waals surface area contributed by atoms with E-state index < -0.39 is 0 Å². The molecule has 0 radical (unpaired) electrons. The van der Waals surface area contributed by atoms with Gasteiger partial charge in [-0.3, -0.25) is 4.79 Å². The predicted octanol–water partition coefficient (Wildman–Crippen LogP) is 3.12. The van der Waals surface area contributed by atoms with Crippen LogP contribution in [-0.4, -0.2) is 29.4 Å². The van der Waals surface area contributed by atoms with Crippen LogP contribution in [0.5, 0.6) is 0 Å².